The molecule has 0 amide bonds. The third-order valence-electron chi connectivity index (χ3n) is 8.68. The second-order valence-corrected chi connectivity index (χ2v) is 11.3. The molecule has 0 radical (unpaired) electrons. The number of aliphatic imine (C=N–C) groups is 1. The average molecular weight is 508 g/mol. The quantitative estimate of drug-likeness (QED) is 0.329. The van der Waals surface area contributed by atoms with Gasteiger partial charge in [0.05, 0.1) is 5.71 Å². The lowest BCUT2D eigenvalue weighted by molar-refractivity contribution is 0.289. The fraction of sp³-hybridized carbons (Fsp3) is 0.441. The Morgan fingerprint density at radius 1 is 1.13 bits per heavy atom. The molecule has 5 rings (SSSR count). The minimum Gasteiger partial charge on any atom is -0.352 e. The van der Waals surface area contributed by atoms with Gasteiger partial charge in [0.15, 0.2) is 0 Å². The van der Waals surface area contributed by atoms with Crippen LogP contribution in [0.3, 0.4) is 0 Å². The smallest absolute Gasteiger partial charge is 0.149 e. The number of nitrogens with zero attached hydrogens (tertiary/aromatic N) is 3. The van der Waals surface area contributed by atoms with Crippen molar-refractivity contribution in [3.8, 4) is 0 Å². The Kier molecular flexibility index (Phi) is 8.36. The van der Waals surface area contributed by atoms with Crippen LogP contribution in [-0.2, 0) is 0 Å². The zero-order valence-electron chi connectivity index (χ0n) is 23.1. The van der Waals surface area contributed by atoms with Crippen molar-refractivity contribution >= 4 is 11.4 Å². The molecule has 0 spiro atoms. The molecule has 1 aromatic rings. The molecule has 4 aliphatic rings. The molecule has 1 heterocycles. The Balaban J connectivity index is 1.54. The first kappa shape index (κ1) is 26.3. The first-order chi connectivity index (χ1) is 18.6. The number of hydrogen-bond acceptors (Lipinski definition) is 4. The molecule has 4 heteroatoms. The summed E-state index contributed by atoms with van der Waals surface area (Å²) in [6.07, 6.45) is 27.7. The summed E-state index contributed by atoms with van der Waals surface area (Å²) in [6.45, 7) is 4.54. The Hall–Kier alpha value is -3.27. The predicted molar refractivity (Wildman–Crippen MR) is 159 cm³/mol. The van der Waals surface area contributed by atoms with E-state index in [1.165, 1.54) is 60.9 Å². The highest BCUT2D eigenvalue weighted by Crippen LogP contribution is 2.40. The molecule has 0 saturated heterocycles. The second kappa shape index (κ2) is 12.1. The average Bonchev–Trinajstić information content (AvgIpc) is 3.45. The summed E-state index contributed by atoms with van der Waals surface area (Å²) in [7, 11) is 2.12. The minimum absolute atomic E-state index is 0.254. The van der Waals surface area contributed by atoms with Crippen LogP contribution in [0, 0.1) is 22.7 Å². The summed E-state index contributed by atoms with van der Waals surface area (Å²) in [5, 5.41) is 3.35. The van der Waals surface area contributed by atoms with Crippen LogP contribution in [-0.4, -0.2) is 17.7 Å². The van der Waals surface area contributed by atoms with E-state index in [0.717, 1.165) is 30.0 Å². The maximum Gasteiger partial charge on any atom is 0.149 e. The number of rotatable bonds is 8. The van der Waals surface area contributed by atoms with Crippen molar-refractivity contribution in [2.75, 3.05) is 7.05 Å². The van der Waals surface area contributed by atoms with Gasteiger partial charge in [-0.05, 0) is 77.1 Å². The van der Waals surface area contributed by atoms with Gasteiger partial charge in [-0.2, -0.15) is 0 Å². The topological polar surface area (TPSA) is 45.0 Å². The standard InChI is InChI=1S/C34H41N3O/c1-4-11-26-18-19-28(22-29(26)21-27-15-8-5-12-24(27)2)33-23-30(20-25-13-6-7-14-25)37(3)34(35-33)31-16-9-10-17-32(31)36-38/h5,8-10,12,15-17,19,21-26,34H,4,6-7,11,13-14,18,20H2,1-3H3/b27-21-/t24-,26+,34-/m1/s1. The maximum absolute atomic E-state index is 11.7. The van der Waals surface area contributed by atoms with Crippen molar-refractivity contribution in [3.05, 3.63) is 106 Å². The van der Waals surface area contributed by atoms with Gasteiger partial charge in [0, 0.05) is 18.3 Å². The number of nitroso groups, excluding NO2 is 1. The molecule has 0 aromatic heterocycles. The van der Waals surface area contributed by atoms with Gasteiger partial charge in [-0.3, -0.25) is 4.99 Å². The summed E-state index contributed by atoms with van der Waals surface area (Å²) in [4.78, 5) is 19.2. The van der Waals surface area contributed by atoms with E-state index in [2.05, 4.69) is 79.6 Å². The van der Waals surface area contributed by atoms with E-state index in [0.29, 0.717) is 17.5 Å². The van der Waals surface area contributed by atoms with Crippen molar-refractivity contribution < 1.29 is 0 Å². The lowest BCUT2D eigenvalue weighted by Crippen LogP contribution is -2.29. The lowest BCUT2D eigenvalue weighted by Gasteiger charge is -2.35. The Morgan fingerprint density at radius 2 is 1.95 bits per heavy atom. The molecule has 3 atom stereocenters. The molecular formula is C34H41N3O. The van der Waals surface area contributed by atoms with E-state index in [1.807, 2.05) is 18.2 Å². The molecule has 0 unspecified atom stereocenters. The first-order valence-electron chi connectivity index (χ1n) is 14.5. The summed E-state index contributed by atoms with van der Waals surface area (Å²) < 4.78 is 0. The summed E-state index contributed by atoms with van der Waals surface area (Å²) in [5.41, 5.74) is 7.66. The molecule has 4 nitrogen and oxygen atoms in total. The van der Waals surface area contributed by atoms with Gasteiger partial charge in [0.1, 0.15) is 11.9 Å². The molecule has 1 fully saturated rings. The van der Waals surface area contributed by atoms with Gasteiger partial charge >= 0.3 is 0 Å². The first-order valence-corrected chi connectivity index (χ1v) is 14.5. The molecule has 1 aliphatic heterocycles. The molecule has 198 valence electrons. The van der Waals surface area contributed by atoms with Crippen LogP contribution in [0.5, 0.6) is 0 Å². The molecule has 0 N–H and O–H groups in total. The highest BCUT2D eigenvalue weighted by Gasteiger charge is 2.29. The van der Waals surface area contributed by atoms with Gasteiger partial charge in [-0.1, -0.05) is 101 Å². The highest BCUT2D eigenvalue weighted by molar-refractivity contribution is 6.11. The molecular weight excluding hydrogens is 466 g/mol. The summed E-state index contributed by atoms with van der Waals surface area (Å²) in [5.74, 6) is 1.68. The van der Waals surface area contributed by atoms with Crippen molar-refractivity contribution in [1.82, 2.24) is 4.90 Å². The van der Waals surface area contributed by atoms with E-state index in [-0.39, 0.29) is 6.17 Å². The van der Waals surface area contributed by atoms with Gasteiger partial charge in [-0.25, -0.2) is 0 Å². The third-order valence-corrected chi connectivity index (χ3v) is 8.68. The van der Waals surface area contributed by atoms with E-state index in [9.17, 15) is 4.91 Å². The Morgan fingerprint density at radius 3 is 2.71 bits per heavy atom. The van der Waals surface area contributed by atoms with Crippen LogP contribution >= 0.6 is 0 Å². The number of benzene rings is 1. The van der Waals surface area contributed by atoms with Crippen LogP contribution in [0.2, 0.25) is 0 Å². The molecule has 0 bridgehead atoms. The number of hydrogen-bond donors (Lipinski definition) is 0. The van der Waals surface area contributed by atoms with Crippen LogP contribution in [0.25, 0.3) is 0 Å². The van der Waals surface area contributed by atoms with Crippen LogP contribution in [0.1, 0.15) is 76.9 Å². The third kappa shape index (κ3) is 5.75. The predicted octanol–water partition coefficient (Wildman–Crippen LogP) is 9.29. The lowest BCUT2D eigenvalue weighted by atomic mass is 9.81. The van der Waals surface area contributed by atoms with Crippen molar-refractivity contribution in [2.45, 2.75) is 71.4 Å². The Labute approximate surface area is 228 Å². The van der Waals surface area contributed by atoms with Gasteiger partial charge in [-0.15, -0.1) is 4.91 Å². The van der Waals surface area contributed by atoms with Gasteiger partial charge in [0.25, 0.3) is 0 Å². The fourth-order valence-corrected chi connectivity index (χ4v) is 6.38. The zero-order chi connectivity index (χ0) is 26.5. The van der Waals surface area contributed by atoms with Crippen LogP contribution in [0.15, 0.2) is 105 Å². The van der Waals surface area contributed by atoms with E-state index in [1.54, 1.807) is 6.07 Å². The fourth-order valence-electron chi connectivity index (χ4n) is 6.38. The molecule has 3 aliphatic carbocycles. The maximum atomic E-state index is 11.7. The normalized spacial score (nSPS) is 26.8. The Bertz CT molecular complexity index is 1250. The molecule has 1 saturated carbocycles. The molecule has 38 heavy (non-hydrogen) atoms. The zero-order valence-corrected chi connectivity index (χ0v) is 23.1. The van der Waals surface area contributed by atoms with E-state index in [4.69, 9.17) is 4.99 Å². The van der Waals surface area contributed by atoms with E-state index < -0.39 is 0 Å². The highest BCUT2D eigenvalue weighted by atomic mass is 16.3. The second-order valence-electron chi connectivity index (χ2n) is 11.3. The SMILES string of the molecule is CCC[C@H]1CC=C(C2=N[C@@H](c3ccccc3N=O)N(C)C(CC3CCCC3)=C2)C=C1/C=C1/C=CC=C[C@H]1C. The minimum atomic E-state index is -0.254. The monoisotopic (exact) mass is 507 g/mol. The van der Waals surface area contributed by atoms with E-state index >= 15 is 0 Å². The summed E-state index contributed by atoms with van der Waals surface area (Å²) >= 11 is 0. The summed E-state index contributed by atoms with van der Waals surface area (Å²) in [6, 6.07) is 7.65. The van der Waals surface area contributed by atoms with Crippen molar-refractivity contribution in [3.63, 3.8) is 0 Å². The molecule has 1 aromatic carbocycles. The number of allylic oxidation sites excluding steroid dienone is 12. The van der Waals surface area contributed by atoms with Gasteiger partial charge in [0.2, 0.25) is 0 Å². The van der Waals surface area contributed by atoms with Crippen molar-refractivity contribution in [1.29, 1.82) is 0 Å². The largest absolute Gasteiger partial charge is 0.352 e. The van der Waals surface area contributed by atoms with Crippen LogP contribution < -0.4 is 0 Å². The van der Waals surface area contributed by atoms with Gasteiger partial charge < -0.3 is 4.90 Å². The van der Waals surface area contributed by atoms with Crippen molar-refractivity contribution in [2.24, 2.45) is 27.9 Å². The van der Waals surface area contributed by atoms with Crippen LogP contribution in [0.4, 0.5) is 5.69 Å².